The zero-order chi connectivity index (χ0) is 22.1. The molecule has 31 heavy (non-hydrogen) atoms. The Morgan fingerprint density at radius 3 is 2.48 bits per heavy atom. The van der Waals surface area contributed by atoms with Crippen molar-refractivity contribution in [3.8, 4) is 11.5 Å². The third-order valence-electron chi connectivity index (χ3n) is 4.18. The third-order valence-corrected chi connectivity index (χ3v) is 4.67. The molecule has 0 saturated carbocycles. The Morgan fingerprint density at radius 1 is 1.03 bits per heavy atom. The summed E-state index contributed by atoms with van der Waals surface area (Å²) in [6.07, 6.45) is 1.66. The predicted molar refractivity (Wildman–Crippen MR) is 123 cm³/mol. The maximum Gasteiger partial charge on any atom is 0.343 e. The summed E-state index contributed by atoms with van der Waals surface area (Å²) in [5, 5.41) is 4.00. The fourth-order valence-electron chi connectivity index (χ4n) is 2.72. The van der Waals surface area contributed by atoms with Gasteiger partial charge in [0.05, 0.1) is 24.8 Å². The van der Waals surface area contributed by atoms with Crippen molar-refractivity contribution in [2.75, 3.05) is 6.61 Å². The highest BCUT2D eigenvalue weighted by molar-refractivity contribution is 9.10. The van der Waals surface area contributed by atoms with Gasteiger partial charge in [-0.15, -0.1) is 0 Å². The molecule has 0 heterocycles. The van der Waals surface area contributed by atoms with E-state index in [0.717, 1.165) is 10.0 Å². The number of esters is 1. The zero-order valence-electron chi connectivity index (χ0n) is 16.9. The van der Waals surface area contributed by atoms with Gasteiger partial charge in [-0.05, 0) is 55.0 Å². The van der Waals surface area contributed by atoms with Crippen LogP contribution in [0.15, 0.2) is 82.4 Å². The number of carbonyl (C=O) groups is 2. The molecule has 0 saturated heterocycles. The van der Waals surface area contributed by atoms with Crippen molar-refractivity contribution in [3.05, 3.63) is 94.0 Å². The van der Waals surface area contributed by atoms with Crippen molar-refractivity contribution in [3.63, 3.8) is 0 Å². The summed E-state index contributed by atoms with van der Waals surface area (Å²) in [5.74, 6) is 0.253. The van der Waals surface area contributed by atoms with Crippen LogP contribution in [0.2, 0.25) is 0 Å². The summed E-state index contributed by atoms with van der Waals surface area (Å²) >= 11 is 3.39. The van der Waals surface area contributed by atoms with Crippen LogP contribution < -0.4 is 14.9 Å². The molecule has 6 nitrogen and oxygen atoms in total. The molecule has 0 aromatic heterocycles. The smallest absolute Gasteiger partial charge is 0.343 e. The largest absolute Gasteiger partial charge is 0.494 e. The molecule has 3 aromatic rings. The number of halogens is 1. The first-order chi connectivity index (χ1) is 15.0. The molecular weight excluding hydrogens is 460 g/mol. The molecule has 0 aliphatic rings. The number of hydrogen-bond acceptors (Lipinski definition) is 5. The van der Waals surface area contributed by atoms with Crippen molar-refractivity contribution < 1.29 is 19.1 Å². The lowest BCUT2D eigenvalue weighted by Crippen LogP contribution is -2.19. The Balaban J connectivity index is 1.66. The highest BCUT2D eigenvalue weighted by Gasteiger charge is 2.12. The van der Waals surface area contributed by atoms with E-state index in [1.807, 2.05) is 37.3 Å². The Kier molecular flexibility index (Phi) is 7.95. The molecule has 3 aromatic carbocycles. The fourth-order valence-corrected chi connectivity index (χ4v) is 3.10. The van der Waals surface area contributed by atoms with Crippen LogP contribution in [0.25, 0.3) is 0 Å². The van der Waals surface area contributed by atoms with Gasteiger partial charge in [0.1, 0.15) is 11.5 Å². The van der Waals surface area contributed by atoms with Crippen LogP contribution in [0, 0.1) is 0 Å². The van der Waals surface area contributed by atoms with Crippen LogP contribution >= 0.6 is 15.9 Å². The third kappa shape index (κ3) is 6.79. The van der Waals surface area contributed by atoms with E-state index in [-0.39, 0.29) is 12.3 Å². The second kappa shape index (κ2) is 11.1. The van der Waals surface area contributed by atoms with Gasteiger partial charge in [-0.1, -0.05) is 46.3 Å². The quantitative estimate of drug-likeness (QED) is 0.218. The average Bonchev–Trinajstić information content (AvgIpc) is 2.77. The maximum absolute atomic E-state index is 12.5. The van der Waals surface area contributed by atoms with Crippen LogP contribution in [-0.2, 0) is 11.2 Å². The Labute approximate surface area is 189 Å². The van der Waals surface area contributed by atoms with Gasteiger partial charge in [-0.25, -0.2) is 10.2 Å². The van der Waals surface area contributed by atoms with Crippen molar-refractivity contribution in [2.45, 2.75) is 13.3 Å². The minimum atomic E-state index is -0.506. The van der Waals surface area contributed by atoms with Crippen molar-refractivity contribution in [1.82, 2.24) is 5.43 Å². The molecule has 1 N–H and O–H groups in total. The molecule has 0 radical (unpaired) electrons. The van der Waals surface area contributed by atoms with Gasteiger partial charge in [-0.2, -0.15) is 5.10 Å². The lowest BCUT2D eigenvalue weighted by atomic mass is 10.1. The lowest BCUT2D eigenvalue weighted by molar-refractivity contribution is -0.120. The van der Waals surface area contributed by atoms with E-state index in [0.29, 0.717) is 29.2 Å². The zero-order valence-corrected chi connectivity index (χ0v) is 18.5. The molecule has 0 atom stereocenters. The van der Waals surface area contributed by atoms with E-state index in [2.05, 4.69) is 26.5 Å². The van der Waals surface area contributed by atoms with E-state index in [1.165, 1.54) is 6.21 Å². The Morgan fingerprint density at radius 2 is 1.77 bits per heavy atom. The molecule has 0 fully saturated rings. The molecule has 7 heteroatoms. The van der Waals surface area contributed by atoms with Gasteiger partial charge < -0.3 is 9.47 Å². The normalized spacial score (nSPS) is 10.6. The summed E-state index contributed by atoms with van der Waals surface area (Å²) in [4.78, 5) is 24.6. The van der Waals surface area contributed by atoms with Gasteiger partial charge in [0.15, 0.2) is 0 Å². The first-order valence-corrected chi connectivity index (χ1v) is 10.4. The molecule has 0 aliphatic carbocycles. The molecule has 0 aliphatic heterocycles. The fraction of sp³-hybridized carbons (Fsp3) is 0.125. The molecular formula is C24H21BrN2O4. The van der Waals surface area contributed by atoms with Gasteiger partial charge in [-0.3, -0.25) is 4.79 Å². The topological polar surface area (TPSA) is 77.0 Å². The summed E-state index contributed by atoms with van der Waals surface area (Å²) in [6.45, 7) is 2.44. The van der Waals surface area contributed by atoms with E-state index in [1.54, 1.807) is 42.5 Å². The number of amides is 1. The first-order valence-electron chi connectivity index (χ1n) is 9.65. The van der Waals surface area contributed by atoms with Crippen LogP contribution in [0.3, 0.4) is 0 Å². The van der Waals surface area contributed by atoms with Gasteiger partial charge in [0.2, 0.25) is 5.91 Å². The lowest BCUT2D eigenvalue weighted by Gasteiger charge is -2.09. The number of nitrogens with zero attached hydrogens (tertiary/aromatic N) is 1. The summed E-state index contributed by atoms with van der Waals surface area (Å²) in [7, 11) is 0. The van der Waals surface area contributed by atoms with Crippen LogP contribution in [0.4, 0.5) is 0 Å². The van der Waals surface area contributed by atoms with Gasteiger partial charge in [0, 0.05) is 10.0 Å². The number of hydrazone groups is 1. The minimum absolute atomic E-state index is 0.219. The standard InChI is InChI=1S/C24H21BrN2O4/c1-2-30-21-11-8-18(9-12-21)24(29)31-22-13-10-20(25)15-19(22)16-26-27-23(28)14-17-6-4-3-5-7-17/h3-13,15-16H,2,14H2,1H3,(H,27,28)/b26-16-. The molecule has 3 rings (SSSR count). The van der Waals surface area contributed by atoms with E-state index in [4.69, 9.17) is 9.47 Å². The molecule has 0 bridgehead atoms. The number of carbonyl (C=O) groups excluding carboxylic acids is 2. The second-order valence-electron chi connectivity index (χ2n) is 6.48. The summed E-state index contributed by atoms with van der Waals surface area (Å²) in [6, 6.07) is 21.3. The number of nitrogens with one attached hydrogen (secondary N) is 1. The Hall–Kier alpha value is -3.45. The summed E-state index contributed by atoms with van der Waals surface area (Å²) in [5.41, 5.74) is 4.31. The highest BCUT2D eigenvalue weighted by atomic mass is 79.9. The SMILES string of the molecule is CCOc1ccc(C(=O)Oc2ccc(Br)cc2/C=N\NC(=O)Cc2ccccc2)cc1. The highest BCUT2D eigenvalue weighted by Crippen LogP contribution is 2.23. The Bertz CT molecular complexity index is 1070. The van der Waals surface area contributed by atoms with E-state index in [9.17, 15) is 9.59 Å². The molecule has 158 valence electrons. The number of rotatable bonds is 8. The minimum Gasteiger partial charge on any atom is -0.494 e. The van der Waals surface area contributed by atoms with Gasteiger partial charge in [0.25, 0.3) is 0 Å². The number of benzene rings is 3. The number of hydrogen-bond donors (Lipinski definition) is 1. The molecule has 0 spiro atoms. The first kappa shape index (κ1) is 22.2. The number of ether oxygens (including phenoxy) is 2. The van der Waals surface area contributed by atoms with Crippen molar-refractivity contribution >= 4 is 34.0 Å². The maximum atomic E-state index is 12.5. The average molecular weight is 481 g/mol. The van der Waals surface area contributed by atoms with Crippen LogP contribution in [0.1, 0.15) is 28.4 Å². The second-order valence-corrected chi connectivity index (χ2v) is 7.40. The monoisotopic (exact) mass is 480 g/mol. The predicted octanol–water partition coefficient (Wildman–Crippen LogP) is 4.76. The van der Waals surface area contributed by atoms with Crippen molar-refractivity contribution in [1.29, 1.82) is 0 Å². The summed E-state index contributed by atoms with van der Waals surface area (Å²) < 4.78 is 11.7. The molecule has 1 amide bonds. The van der Waals surface area contributed by atoms with Crippen LogP contribution in [-0.4, -0.2) is 24.7 Å². The van der Waals surface area contributed by atoms with Crippen LogP contribution in [0.5, 0.6) is 11.5 Å². The van der Waals surface area contributed by atoms with Gasteiger partial charge >= 0.3 is 5.97 Å². The van der Waals surface area contributed by atoms with E-state index >= 15 is 0 Å². The van der Waals surface area contributed by atoms with E-state index < -0.39 is 5.97 Å². The molecule has 0 unspecified atom stereocenters. The van der Waals surface area contributed by atoms with Crippen molar-refractivity contribution in [2.24, 2.45) is 5.10 Å².